The molecule has 1 unspecified atom stereocenters. The highest BCUT2D eigenvalue weighted by molar-refractivity contribution is 5.52. The van der Waals surface area contributed by atoms with E-state index in [1.165, 1.54) is 17.5 Å². The molecule has 2 aromatic carbocycles. The number of benzene rings is 2. The number of anilines is 1. The molecule has 0 amide bonds. The topological polar surface area (TPSA) is 12.0 Å². The van der Waals surface area contributed by atoms with Crippen LogP contribution in [0.3, 0.4) is 0 Å². The molecule has 0 saturated heterocycles. The third-order valence-electron chi connectivity index (χ3n) is 4.49. The van der Waals surface area contributed by atoms with Gasteiger partial charge in [0.25, 0.3) is 0 Å². The van der Waals surface area contributed by atoms with Crippen molar-refractivity contribution in [1.29, 1.82) is 0 Å². The summed E-state index contributed by atoms with van der Waals surface area (Å²) in [4.78, 5) is 0. The molecule has 1 heteroatoms. The van der Waals surface area contributed by atoms with E-state index in [-0.39, 0.29) is 5.41 Å². The first-order chi connectivity index (χ1) is 10.1. The summed E-state index contributed by atoms with van der Waals surface area (Å²) in [6, 6.07) is 17.3. The van der Waals surface area contributed by atoms with Gasteiger partial charge in [-0.25, -0.2) is 0 Å². The summed E-state index contributed by atoms with van der Waals surface area (Å²) in [5.41, 5.74) is 5.16. The molecule has 0 fully saturated rings. The van der Waals surface area contributed by atoms with E-state index in [1.54, 1.807) is 0 Å². The largest absolute Gasteiger partial charge is 0.378 e. The Bertz CT molecular complexity index is 691. The van der Waals surface area contributed by atoms with E-state index in [0.29, 0.717) is 6.04 Å². The predicted octanol–water partition coefficient (Wildman–Crippen LogP) is 4.89. The van der Waals surface area contributed by atoms with Gasteiger partial charge in [-0.1, -0.05) is 50.1 Å². The van der Waals surface area contributed by atoms with Crippen LogP contribution in [0.4, 0.5) is 5.69 Å². The van der Waals surface area contributed by atoms with E-state index in [9.17, 15) is 0 Å². The Morgan fingerprint density at radius 2 is 1.95 bits per heavy atom. The molecule has 0 saturated carbocycles. The van der Waals surface area contributed by atoms with Crippen molar-refractivity contribution in [2.75, 3.05) is 5.32 Å². The molecule has 1 aliphatic rings. The summed E-state index contributed by atoms with van der Waals surface area (Å²) in [6.07, 6.45) is 7.82. The number of rotatable bonds is 2. The molecular weight excluding hydrogens is 254 g/mol. The van der Waals surface area contributed by atoms with Gasteiger partial charge in [-0.05, 0) is 47.6 Å². The Balaban J connectivity index is 1.92. The highest BCUT2D eigenvalue weighted by Gasteiger charge is 2.32. The highest BCUT2D eigenvalue weighted by atomic mass is 14.9. The van der Waals surface area contributed by atoms with E-state index in [1.807, 2.05) is 18.2 Å². The Labute approximate surface area is 127 Å². The van der Waals surface area contributed by atoms with Crippen LogP contribution in [0.25, 0.3) is 0 Å². The maximum atomic E-state index is 5.49. The Kier molecular flexibility index (Phi) is 3.47. The number of hydrogen-bond donors (Lipinski definition) is 1. The number of fused-ring (bicyclic) bond motifs is 1. The predicted molar refractivity (Wildman–Crippen MR) is 89.4 cm³/mol. The van der Waals surface area contributed by atoms with E-state index in [2.05, 4.69) is 55.4 Å². The normalized spacial score (nSPS) is 19.4. The first-order valence-electron chi connectivity index (χ1n) is 7.53. The summed E-state index contributed by atoms with van der Waals surface area (Å²) >= 11 is 0. The molecule has 1 nitrogen and oxygen atoms in total. The third-order valence-corrected chi connectivity index (χ3v) is 4.49. The lowest BCUT2D eigenvalue weighted by Crippen LogP contribution is -2.29. The average molecular weight is 275 g/mol. The second kappa shape index (κ2) is 5.30. The maximum Gasteiger partial charge on any atom is 0.0517 e. The van der Waals surface area contributed by atoms with Gasteiger partial charge in [0.05, 0.1) is 6.04 Å². The van der Waals surface area contributed by atoms with Crippen molar-refractivity contribution in [2.45, 2.75) is 38.1 Å². The summed E-state index contributed by atoms with van der Waals surface area (Å²) < 4.78 is 0. The fourth-order valence-electron chi connectivity index (χ4n) is 3.26. The fourth-order valence-corrected chi connectivity index (χ4v) is 3.26. The van der Waals surface area contributed by atoms with Crippen molar-refractivity contribution >= 4 is 5.69 Å². The molecule has 1 aliphatic carbocycles. The number of hydrogen-bond acceptors (Lipinski definition) is 1. The van der Waals surface area contributed by atoms with Gasteiger partial charge in [-0.15, -0.1) is 6.42 Å². The van der Waals surface area contributed by atoms with E-state index >= 15 is 0 Å². The van der Waals surface area contributed by atoms with Gasteiger partial charge in [0.2, 0.25) is 0 Å². The first kappa shape index (κ1) is 13.8. The number of terminal acetylenes is 1. The van der Waals surface area contributed by atoms with Crippen molar-refractivity contribution in [3.05, 3.63) is 65.2 Å². The standard InChI is InChI=1S/C20H21N/c1-4-15-8-7-9-16(14-15)21-19-12-13-20(2,3)18-11-6-5-10-17(18)19/h1,5-11,14,19,21H,12-13H2,2-3H3. The van der Waals surface area contributed by atoms with Gasteiger partial charge >= 0.3 is 0 Å². The molecule has 0 radical (unpaired) electrons. The molecule has 0 spiro atoms. The van der Waals surface area contributed by atoms with Gasteiger partial charge in [-0.2, -0.15) is 0 Å². The monoisotopic (exact) mass is 275 g/mol. The quantitative estimate of drug-likeness (QED) is 0.769. The Hall–Kier alpha value is -2.20. The zero-order valence-electron chi connectivity index (χ0n) is 12.7. The maximum absolute atomic E-state index is 5.49. The molecular formula is C20H21N. The van der Waals surface area contributed by atoms with Crippen molar-refractivity contribution < 1.29 is 0 Å². The highest BCUT2D eigenvalue weighted by Crippen LogP contribution is 2.42. The molecule has 1 N–H and O–H groups in total. The van der Waals surface area contributed by atoms with Crippen LogP contribution in [0.2, 0.25) is 0 Å². The minimum atomic E-state index is 0.259. The summed E-state index contributed by atoms with van der Waals surface area (Å²) in [7, 11) is 0. The third kappa shape index (κ3) is 2.67. The first-order valence-corrected chi connectivity index (χ1v) is 7.53. The van der Waals surface area contributed by atoms with Gasteiger partial charge in [0.15, 0.2) is 0 Å². The van der Waals surface area contributed by atoms with Crippen LogP contribution < -0.4 is 5.32 Å². The van der Waals surface area contributed by atoms with E-state index < -0.39 is 0 Å². The van der Waals surface area contributed by atoms with Crippen LogP contribution in [-0.2, 0) is 5.41 Å². The second-order valence-corrected chi connectivity index (χ2v) is 6.43. The molecule has 0 aromatic heterocycles. The summed E-state index contributed by atoms with van der Waals surface area (Å²) in [5, 5.41) is 3.65. The minimum absolute atomic E-state index is 0.259. The molecule has 106 valence electrons. The van der Waals surface area contributed by atoms with Crippen LogP contribution in [0.5, 0.6) is 0 Å². The van der Waals surface area contributed by atoms with Crippen LogP contribution in [0.1, 0.15) is 49.4 Å². The SMILES string of the molecule is C#Cc1cccc(NC2CCC(C)(C)c3ccccc32)c1. The Morgan fingerprint density at radius 3 is 2.76 bits per heavy atom. The van der Waals surface area contributed by atoms with Gasteiger partial charge in [0, 0.05) is 11.3 Å². The van der Waals surface area contributed by atoms with Crippen molar-refractivity contribution in [2.24, 2.45) is 0 Å². The van der Waals surface area contributed by atoms with Crippen LogP contribution in [-0.4, -0.2) is 0 Å². The molecule has 0 bridgehead atoms. The zero-order valence-corrected chi connectivity index (χ0v) is 12.7. The average Bonchev–Trinajstić information content (AvgIpc) is 2.51. The lowest BCUT2D eigenvalue weighted by molar-refractivity contribution is 0.406. The van der Waals surface area contributed by atoms with Crippen LogP contribution >= 0.6 is 0 Å². The molecule has 1 atom stereocenters. The van der Waals surface area contributed by atoms with E-state index in [4.69, 9.17) is 6.42 Å². The lowest BCUT2D eigenvalue weighted by Gasteiger charge is -2.37. The van der Waals surface area contributed by atoms with Crippen LogP contribution in [0, 0.1) is 12.3 Å². The zero-order chi connectivity index (χ0) is 14.9. The smallest absolute Gasteiger partial charge is 0.0517 e. The summed E-state index contributed by atoms with van der Waals surface area (Å²) in [6.45, 7) is 4.67. The molecule has 0 heterocycles. The van der Waals surface area contributed by atoms with Gasteiger partial charge < -0.3 is 5.32 Å². The van der Waals surface area contributed by atoms with Crippen molar-refractivity contribution in [3.63, 3.8) is 0 Å². The van der Waals surface area contributed by atoms with E-state index in [0.717, 1.165) is 17.7 Å². The van der Waals surface area contributed by atoms with Gasteiger partial charge in [-0.3, -0.25) is 0 Å². The van der Waals surface area contributed by atoms with Crippen molar-refractivity contribution in [1.82, 2.24) is 0 Å². The lowest BCUT2D eigenvalue weighted by atomic mass is 9.71. The van der Waals surface area contributed by atoms with Crippen LogP contribution in [0.15, 0.2) is 48.5 Å². The Morgan fingerprint density at radius 1 is 1.14 bits per heavy atom. The molecule has 3 rings (SSSR count). The molecule has 2 aromatic rings. The minimum Gasteiger partial charge on any atom is -0.378 e. The van der Waals surface area contributed by atoms with Crippen molar-refractivity contribution in [3.8, 4) is 12.3 Å². The number of nitrogens with one attached hydrogen (secondary N) is 1. The molecule has 0 aliphatic heterocycles. The summed E-state index contributed by atoms with van der Waals surface area (Å²) in [5.74, 6) is 2.70. The van der Waals surface area contributed by atoms with Gasteiger partial charge in [0.1, 0.15) is 0 Å². The molecule has 21 heavy (non-hydrogen) atoms. The fraction of sp³-hybridized carbons (Fsp3) is 0.300. The second-order valence-electron chi connectivity index (χ2n) is 6.43.